The summed E-state index contributed by atoms with van der Waals surface area (Å²) in [5.74, 6) is -0.475. The maximum Gasteiger partial charge on any atom is 0.417 e. The van der Waals surface area contributed by atoms with E-state index >= 15 is 0 Å². The summed E-state index contributed by atoms with van der Waals surface area (Å²) < 4.78 is 5.51. The Bertz CT molecular complexity index is 676. The molecule has 0 radical (unpaired) electrons. The first kappa shape index (κ1) is 20.8. The van der Waals surface area contributed by atoms with Crippen molar-refractivity contribution in [3.8, 4) is 0 Å². The van der Waals surface area contributed by atoms with E-state index in [-0.39, 0.29) is 5.91 Å². The Morgan fingerprint density at radius 2 is 1.79 bits per heavy atom. The molecule has 1 saturated heterocycles. The third-order valence-corrected chi connectivity index (χ3v) is 5.88. The molecule has 154 valence electrons. The van der Waals surface area contributed by atoms with E-state index in [0.29, 0.717) is 18.8 Å². The second-order valence-electron chi connectivity index (χ2n) is 9.28. The summed E-state index contributed by atoms with van der Waals surface area (Å²) in [6.07, 6.45) is 5.41. The average molecular weight is 388 g/mol. The minimum atomic E-state index is -0.859. The van der Waals surface area contributed by atoms with E-state index in [4.69, 9.17) is 4.74 Å². The van der Waals surface area contributed by atoms with Gasteiger partial charge in [-0.15, -0.1) is 0 Å². The molecule has 5 nitrogen and oxygen atoms in total. The highest BCUT2D eigenvalue weighted by molar-refractivity contribution is 5.96. The summed E-state index contributed by atoms with van der Waals surface area (Å²) in [6, 6.07) is 9.17. The molecule has 1 aliphatic carbocycles. The summed E-state index contributed by atoms with van der Waals surface area (Å²) in [5.41, 5.74) is 0.303. The van der Waals surface area contributed by atoms with Crippen LogP contribution in [0.1, 0.15) is 64.9 Å². The highest BCUT2D eigenvalue weighted by atomic mass is 16.6. The van der Waals surface area contributed by atoms with Gasteiger partial charge >= 0.3 is 6.09 Å². The molecule has 0 bridgehead atoms. The summed E-state index contributed by atoms with van der Waals surface area (Å²) in [7, 11) is 0. The van der Waals surface area contributed by atoms with Crippen molar-refractivity contribution in [1.29, 1.82) is 0 Å². The molecule has 0 aromatic heterocycles. The van der Waals surface area contributed by atoms with Crippen molar-refractivity contribution in [3.63, 3.8) is 0 Å². The third kappa shape index (κ3) is 4.93. The Balaban J connectivity index is 1.81. The lowest BCUT2D eigenvalue weighted by molar-refractivity contribution is -0.131. The number of hydrogen-bond donors (Lipinski definition) is 1. The van der Waals surface area contributed by atoms with E-state index in [2.05, 4.69) is 0 Å². The maximum absolute atomic E-state index is 13.2. The van der Waals surface area contributed by atoms with E-state index in [9.17, 15) is 14.7 Å². The third-order valence-electron chi connectivity index (χ3n) is 5.88. The van der Waals surface area contributed by atoms with Gasteiger partial charge in [-0.25, -0.2) is 9.69 Å². The lowest BCUT2D eigenvalue weighted by atomic mass is 9.82. The number of aliphatic hydroxyl groups is 1. The molecule has 2 fully saturated rings. The largest absolute Gasteiger partial charge is 0.443 e. The van der Waals surface area contributed by atoms with Crippen LogP contribution in [0.5, 0.6) is 0 Å². The topological polar surface area (TPSA) is 66.8 Å². The molecule has 3 rings (SSSR count). The zero-order valence-electron chi connectivity index (χ0n) is 17.3. The molecule has 28 heavy (non-hydrogen) atoms. The van der Waals surface area contributed by atoms with Crippen molar-refractivity contribution < 1.29 is 19.4 Å². The lowest BCUT2D eigenvalue weighted by Gasteiger charge is -2.31. The number of amides is 2. The van der Waals surface area contributed by atoms with Gasteiger partial charge < -0.3 is 9.84 Å². The van der Waals surface area contributed by atoms with E-state index < -0.39 is 29.8 Å². The Morgan fingerprint density at radius 3 is 2.39 bits per heavy atom. The van der Waals surface area contributed by atoms with Crippen molar-refractivity contribution in [3.05, 3.63) is 35.9 Å². The molecule has 5 heteroatoms. The van der Waals surface area contributed by atoms with Crippen LogP contribution in [-0.4, -0.2) is 39.8 Å². The molecule has 1 N–H and O–H groups in total. The SMILES string of the molecule is CC(C)(C)OC(=O)N1C(=O)[C@H](Cc2ccccc2)[C@H](O)[C@H]1CC1CCCCC1. The van der Waals surface area contributed by atoms with Gasteiger partial charge in [0.25, 0.3) is 0 Å². The summed E-state index contributed by atoms with van der Waals surface area (Å²) >= 11 is 0. The van der Waals surface area contributed by atoms with Crippen molar-refractivity contribution in [2.24, 2.45) is 11.8 Å². The summed E-state index contributed by atoms with van der Waals surface area (Å²) in [6.45, 7) is 5.37. The Labute approximate surface area is 168 Å². The van der Waals surface area contributed by atoms with Gasteiger partial charge in [0.2, 0.25) is 5.91 Å². The number of likely N-dealkylation sites (tertiary alicyclic amines) is 1. The number of carbonyl (C=O) groups is 2. The lowest BCUT2D eigenvalue weighted by Crippen LogP contribution is -2.45. The number of carbonyl (C=O) groups excluding carboxylic acids is 2. The quantitative estimate of drug-likeness (QED) is 0.835. The Hall–Kier alpha value is -1.88. The Morgan fingerprint density at radius 1 is 1.14 bits per heavy atom. The minimum absolute atomic E-state index is 0.314. The number of ether oxygens (including phenoxy) is 1. The molecule has 1 aromatic carbocycles. The molecule has 0 unspecified atom stereocenters. The molecule has 1 saturated carbocycles. The predicted octanol–water partition coefficient (Wildman–Crippen LogP) is 4.32. The highest BCUT2D eigenvalue weighted by Gasteiger charge is 2.51. The number of imide groups is 1. The van der Waals surface area contributed by atoms with Gasteiger partial charge in [-0.3, -0.25) is 4.79 Å². The number of nitrogens with zero attached hydrogens (tertiary/aromatic N) is 1. The van der Waals surface area contributed by atoms with Gasteiger partial charge in [0, 0.05) is 0 Å². The molecule has 2 amide bonds. The first-order valence-corrected chi connectivity index (χ1v) is 10.5. The smallest absolute Gasteiger partial charge is 0.417 e. The number of rotatable bonds is 4. The van der Waals surface area contributed by atoms with Gasteiger partial charge in [0.15, 0.2) is 0 Å². The minimum Gasteiger partial charge on any atom is -0.443 e. The van der Waals surface area contributed by atoms with Crippen LogP contribution >= 0.6 is 0 Å². The fourth-order valence-corrected chi connectivity index (χ4v) is 4.53. The first-order valence-electron chi connectivity index (χ1n) is 10.5. The Kier molecular flexibility index (Phi) is 6.43. The van der Waals surface area contributed by atoms with Gasteiger partial charge in [-0.1, -0.05) is 62.4 Å². The van der Waals surface area contributed by atoms with Crippen LogP contribution in [0.15, 0.2) is 30.3 Å². The fourth-order valence-electron chi connectivity index (χ4n) is 4.53. The first-order chi connectivity index (χ1) is 13.3. The van der Waals surface area contributed by atoms with Gasteiger partial charge in [0.1, 0.15) is 5.60 Å². The van der Waals surface area contributed by atoms with Crippen LogP contribution in [0.25, 0.3) is 0 Å². The van der Waals surface area contributed by atoms with E-state index in [0.717, 1.165) is 18.4 Å². The molecule has 1 aliphatic heterocycles. The molecule has 1 heterocycles. The van der Waals surface area contributed by atoms with Crippen LogP contribution in [-0.2, 0) is 16.0 Å². The van der Waals surface area contributed by atoms with E-state index in [1.54, 1.807) is 20.8 Å². The van der Waals surface area contributed by atoms with Gasteiger partial charge in [-0.2, -0.15) is 0 Å². The normalized spacial score (nSPS) is 26.5. The standard InChI is InChI=1S/C23H33NO4/c1-23(2,3)28-22(27)24-19(15-17-12-8-5-9-13-17)20(25)18(21(24)26)14-16-10-6-4-7-11-16/h4,6-7,10-11,17-20,25H,5,8-9,12-15H2,1-3H3/t18-,19-,20+/m1/s1. The van der Waals surface area contributed by atoms with Crippen molar-refractivity contribution in [1.82, 2.24) is 4.90 Å². The monoisotopic (exact) mass is 387 g/mol. The maximum atomic E-state index is 13.2. The average Bonchev–Trinajstić information content (AvgIpc) is 2.86. The zero-order chi connectivity index (χ0) is 20.3. The van der Waals surface area contributed by atoms with Crippen LogP contribution in [0, 0.1) is 11.8 Å². The van der Waals surface area contributed by atoms with Crippen LogP contribution < -0.4 is 0 Å². The second-order valence-corrected chi connectivity index (χ2v) is 9.28. The molecule has 0 spiro atoms. The predicted molar refractivity (Wildman–Crippen MR) is 108 cm³/mol. The molecule has 2 aliphatic rings. The number of hydrogen-bond acceptors (Lipinski definition) is 4. The van der Waals surface area contributed by atoms with Gasteiger partial charge in [-0.05, 0) is 45.1 Å². The van der Waals surface area contributed by atoms with E-state index in [1.165, 1.54) is 24.2 Å². The highest BCUT2D eigenvalue weighted by Crippen LogP contribution is 2.36. The number of benzene rings is 1. The molecular formula is C23H33NO4. The van der Waals surface area contributed by atoms with Crippen molar-refractivity contribution in [2.45, 2.75) is 83.5 Å². The number of aliphatic hydroxyl groups excluding tert-OH is 1. The van der Waals surface area contributed by atoms with E-state index in [1.807, 2.05) is 30.3 Å². The molecular weight excluding hydrogens is 354 g/mol. The van der Waals surface area contributed by atoms with Crippen LogP contribution in [0.4, 0.5) is 4.79 Å². The van der Waals surface area contributed by atoms with Gasteiger partial charge in [0.05, 0.1) is 18.1 Å². The molecule has 3 atom stereocenters. The van der Waals surface area contributed by atoms with Crippen LogP contribution in [0.3, 0.4) is 0 Å². The zero-order valence-corrected chi connectivity index (χ0v) is 17.3. The van der Waals surface area contributed by atoms with Crippen molar-refractivity contribution >= 4 is 12.0 Å². The van der Waals surface area contributed by atoms with Crippen LogP contribution in [0.2, 0.25) is 0 Å². The summed E-state index contributed by atoms with van der Waals surface area (Å²) in [5, 5.41) is 11.1. The fraction of sp³-hybridized carbons (Fsp3) is 0.652. The molecule has 1 aromatic rings. The summed E-state index contributed by atoms with van der Waals surface area (Å²) in [4.78, 5) is 27.2. The second kappa shape index (κ2) is 8.64. The van der Waals surface area contributed by atoms with Crippen molar-refractivity contribution in [2.75, 3.05) is 0 Å².